The highest BCUT2D eigenvalue weighted by Gasteiger charge is 2.18. The largest absolute Gasteiger partial charge is 0.479 e. The van der Waals surface area contributed by atoms with Crippen molar-refractivity contribution in [1.29, 1.82) is 0 Å². The van der Waals surface area contributed by atoms with Crippen LogP contribution >= 0.6 is 24.0 Å². The molecule has 0 saturated carbocycles. The van der Waals surface area contributed by atoms with Gasteiger partial charge in [-0.25, -0.2) is 8.78 Å². The molecule has 0 aliphatic heterocycles. The van der Waals surface area contributed by atoms with Gasteiger partial charge in [-0.3, -0.25) is 9.59 Å². The van der Waals surface area contributed by atoms with E-state index in [0.717, 1.165) is 57.1 Å². The van der Waals surface area contributed by atoms with Crippen LogP contribution in [0.4, 0.5) is 8.78 Å². The lowest BCUT2D eigenvalue weighted by Crippen LogP contribution is -2.12. The summed E-state index contributed by atoms with van der Waals surface area (Å²) >= 11 is 6.72. The van der Waals surface area contributed by atoms with Crippen molar-refractivity contribution in [2.24, 2.45) is 0 Å². The van der Waals surface area contributed by atoms with E-state index in [1.54, 1.807) is 0 Å². The number of hydrogen-bond acceptors (Lipinski definition) is 6. The van der Waals surface area contributed by atoms with E-state index in [1.807, 2.05) is 6.92 Å². The summed E-state index contributed by atoms with van der Waals surface area (Å²) in [5.41, 5.74) is -0.0691. The van der Waals surface area contributed by atoms with Gasteiger partial charge in [0.2, 0.25) is 4.38 Å². The summed E-state index contributed by atoms with van der Waals surface area (Å²) in [5, 5.41) is 0.123. The molecule has 4 nitrogen and oxygen atoms in total. The first-order valence-electron chi connectivity index (χ1n) is 11.8. The van der Waals surface area contributed by atoms with Gasteiger partial charge in [-0.1, -0.05) is 56.7 Å². The van der Waals surface area contributed by atoms with E-state index in [-0.39, 0.29) is 29.0 Å². The van der Waals surface area contributed by atoms with Crippen molar-refractivity contribution in [3.63, 3.8) is 0 Å². The molecule has 33 heavy (non-hydrogen) atoms. The molecule has 1 rings (SSSR count). The van der Waals surface area contributed by atoms with Gasteiger partial charge in [0.15, 0.2) is 5.78 Å². The maximum absolute atomic E-state index is 13.9. The third kappa shape index (κ3) is 14.4. The molecule has 186 valence electrons. The summed E-state index contributed by atoms with van der Waals surface area (Å²) < 4.78 is 37.7. The summed E-state index contributed by atoms with van der Waals surface area (Å²) in [6, 6.07) is 3.05. The quantitative estimate of drug-likeness (QED) is 0.0956. The SMILES string of the molecule is CCOC(=S)SC(CCCCCCCCCCOC(C)=O)CCC(=O)c1ccc(F)cc1F. The number of halogens is 2. The lowest BCUT2D eigenvalue weighted by molar-refractivity contribution is -0.141. The summed E-state index contributed by atoms with van der Waals surface area (Å²) in [7, 11) is 0. The van der Waals surface area contributed by atoms with Crippen LogP contribution in [0.3, 0.4) is 0 Å². The average molecular weight is 503 g/mol. The van der Waals surface area contributed by atoms with Gasteiger partial charge in [0, 0.05) is 24.7 Å². The van der Waals surface area contributed by atoms with Crippen LogP contribution in [-0.4, -0.2) is 34.6 Å². The Morgan fingerprint density at radius 1 is 0.970 bits per heavy atom. The minimum Gasteiger partial charge on any atom is -0.479 e. The second kappa shape index (κ2) is 17.9. The molecule has 0 aromatic heterocycles. The highest BCUT2D eigenvalue weighted by molar-refractivity contribution is 8.23. The number of thiocarbonyl (C=S) groups is 1. The van der Waals surface area contributed by atoms with Crippen LogP contribution in [0.1, 0.15) is 94.8 Å². The molecule has 0 heterocycles. The summed E-state index contributed by atoms with van der Waals surface area (Å²) in [6.07, 6.45) is 10.4. The molecule has 1 aromatic carbocycles. The summed E-state index contributed by atoms with van der Waals surface area (Å²) in [6.45, 7) is 4.31. The van der Waals surface area contributed by atoms with E-state index < -0.39 is 11.6 Å². The van der Waals surface area contributed by atoms with Crippen molar-refractivity contribution < 1.29 is 27.8 Å². The fourth-order valence-electron chi connectivity index (χ4n) is 3.44. The summed E-state index contributed by atoms with van der Waals surface area (Å²) in [5.74, 6) is -2.06. The van der Waals surface area contributed by atoms with Crippen LogP contribution in [0.5, 0.6) is 0 Å². The Morgan fingerprint density at radius 3 is 2.21 bits per heavy atom. The Bertz CT molecular complexity index is 743. The molecular weight excluding hydrogens is 466 g/mol. The molecule has 0 radical (unpaired) electrons. The number of Topliss-reactive ketones (excluding diaryl/α,β-unsaturated/α-hetero) is 1. The zero-order valence-corrected chi connectivity index (χ0v) is 21.3. The number of hydrogen-bond donors (Lipinski definition) is 0. The van der Waals surface area contributed by atoms with Crippen LogP contribution in [0, 0.1) is 11.6 Å². The molecule has 0 bridgehead atoms. The molecule has 1 aromatic rings. The smallest absolute Gasteiger partial charge is 0.302 e. The molecule has 0 fully saturated rings. The Hall–Kier alpha value is -1.54. The number of rotatable bonds is 17. The maximum Gasteiger partial charge on any atom is 0.302 e. The van der Waals surface area contributed by atoms with Crippen molar-refractivity contribution >= 4 is 40.1 Å². The van der Waals surface area contributed by atoms with Crippen molar-refractivity contribution in [2.45, 2.75) is 89.7 Å². The Morgan fingerprint density at radius 2 is 1.61 bits per heavy atom. The predicted molar refractivity (Wildman–Crippen MR) is 134 cm³/mol. The second-order valence-corrected chi connectivity index (χ2v) is 9.87. The molecular formula is C25H36F2O4S2. The zero-order chi connectivity index (χ0) is 24.5. The Kier molecular flexibility index (Phi) is 16.0. The first-order chi connectivity index (χ1) is 15.8. The lowest BCUT2D eigenvalue weighted by Gasteiger charge is -2.16. The third-order valence-corrected chi connectivity index (χ3v) is 6.70. The van der Waals surface area contributed by atoms with Gasteiger partial charge < -0.3 is 9.47 Å². The number of carbonyl (C=O) groups is 2. The highest BCUT2D eigenvalue weighted by Crippen LogP contribution is 2.26. The van der Waals surface area contributed by atoms with Gasteiger partial charge in [0.25, 0.3) is 0 Å². The predicted octanol–water partition coefficient (Wildman–Crippen LogP) is 7.42. The van der Waals surface area contributed by atoms with Crippen LogP contribution in [-0.2, 0) is 14.3 Å². The average Bonchev–Trinajstić information content (AvgIpc) is 2.75. The van der Waals surface area contributed by atoms with Crippen LogP contribution in [0.15, 0.2) is 18.2 Å². The van der Waals surface area contributed by atoms with Crippen LogP contribution in [0.2, 0.25) is 0 Å². The number of unbranched alkanes of at least 4 members (excludes halogenated alkanes) is 7. The number of carbonyl (C=O) groups excluding carboxylic acids is 2. The zero-order valence-electron chi connectivity index (χ0n) is 19.7. The Labute approximate surface area is 206 Å². The van der Waals surface area contributed by atoms with Crippen molar-refractivity contribution in [3.8, 4) is 0 Å². The molecule has 0 amide bonds. The van der Waals surface area contributed by atoms with E-state index in [0.29, 0.717) is 24.0 Å². The molecule has 0 spiro atoms. The normalized spacial score (nSPS) is 11.8. The van der Waals surface area contributed by atoms with Gasteiger partial charge >= 0.3 is 5.97 Å². The van der Waals surface area contributed by atoms with Gasteiger partial charge in [-0.15, -0.1) is 0 Å². The number of thioether (sulfide) groups is 1. The van der Waals surface area contributed by atoms with E-state index in [4.69, 9.17) is 21.7 Å². The first kappa shape index (κ1) is 29.5. The van der Waals surface area contributed by atoms with Crippen LogP contribution in [0.25, 0.3) is 0 Å². The standard InChI is InChI=1S/C25H36F2O4S2/c1-3-30-25(32)33-21(14-16-24(29)22-15-13-20(26)18-23(22)27)12-10-8-6-4-5-7-9-11-17-31-19(2)28/h13,15,18,21H,3-12,14,16-17H2,1-2H3. The van der Waals surface area contributed by atoms with Crippen molar-refractivity contribution in [1.82, 2.24) is 0 Å². The van der Waals surface area contributed by atoms with Gasteiger partial charge in [-0.05, 0) is 50.5 Å². The number of ether oxygens (including phenoxy) is 2. The minimum absolute atomic E-state index is 0.0691. The number of ketones is 1. The van der Waals surface area contributed by atoms with Gasteiger partial charge in [0.05, 0.1) is 18.8 Å². The molecule has 0 aliphatic carbocycles. The Balaban J connectivity index is 2.31. The van der Waals surface area contributed by atoms with Crippen molar-refractivity contribution in [2.75, 3.05) is 13.2 Å². The van der Waals surface area contributed by atoms with Crippen LogP contribution < -0.4 is 0 Å². The second-order valence-electron chi connectivity index (χ2n) is 7.97. The topological polar surface area (TPSA) is 52.6 Å². The third-order valence-electron chi connectivity index (χ3n) is 5.18. The fourth-order valence-corrected chi connectivity index (χ4v) is 4.95. The fraction of sp³-hybridized carbons (Fsp3) is 0.640. The number of esters is 1. The van der Waals surface area contributed by atoms with Crippen molar-refractivity contribution in [3.05, 3.63) is 35.4 Å². The lowest BCUT2D eigenvalue weighted by atomic mass is 10.0. The molecule has 0 N–H and O–H groups in total. The van der Waals surface area contributed by atoms with Gasteiger partial charge in [0.1, 0.15) is 11.6 Å². The molecule has 8 heteroatoms. The monoisotopic (exact) mass is 502 g/mol. The minimum atomic E-state index is -0.819. The molecule has 0 saturated heterocycles. The van der Waals surface area contributed by atoms with E-state index >= 15 is 0 Å². The summed E-state index contributed by atoms with van der Waals surface area (Å²) in [4.78, 5) is 23.1. The molecule has 1 unspecified atom stereocenters. The van der Waals surface area contributed by atoms with E-state index in [1.165, 1.54) is 37.6 Å². The van der Waals surface area contributed by atoms with Gasteiger partial charge in [-0.2, -0.15) is 0 Å². The molecule has 0 aliphatic rings. The maximum atomic E-state index is 13.9. The highest BCUT2D eigenvalue weighted by atomic mass is 32.2. The molecule has 1 atom stereocenters. The van der Waals surface area contributed by atoms with E-state index in [2.05, 4.69) is 0 Å². The van der Waals surface area contributed by atoms with E-state index in [9.17, 15) is 18.4 Å². The first-order valence-corrected chi connectivity index (χ1v) is 13.1. The number of benzene rings is 1.